The van der Waals surface area contributed by atoms with E-state index in [0.717, 1.165) is 5.56 Å². The molecule has 1 aromatic carbocycles. The van der Waals surface area contributed by atoms with E-state index in [9.17, 15) is 4.57 Å². The van der Waals surface area contributed by atoms with Gasteiger partial charge in [0.2, 0.25) is 0 Å². The van der Waals surface area contributed by atoms with Gasteiger partial charge in [0.25, 0.3) is 0 Å². The van der Waals surface area contributed by atoms with E-state index in [1.165, 1.54) is 14.2 Å². The van der Waals surface area contributed by atoms with Crippen LogP contribution < -0.4 is 0 Å². The molecular formula is C10H13O3PSe. The van der Waals surface area contributed by atoms with Gasteiger partial charge in [0.1, 0.15) is 0 Å². The Morgan fingerprint density at radius 3 is 2.33 bits per heavy atom. The predicted molar refractivity (Wildman–Crippen MR) is 62.9 cm³/mol. The molecule has 1 aromatic rings. The average molecular weight is 291 g/mol. The Labute approximate surface area is 95.8 Å². The Bertz CT molecular complexity index is 356. The molecule has 0 spiro atoms. The SMILES string of the molecule is COP(=O)(OC)[Se]/C=C/c1ccccc1. The molecular weight excluding hydrogens is 278 g/mol. The van der Waals surface area contributed by atoms with Crippen molar-refractivity contribution in [2.24, 2.45) is 0 Å². The summed E-state index contributed by atoms with van der Waals surface area (Å²) >= 11 is -0.285. The molecule has 3 nitrogen and oxygen atoms in total. The van der Waals surface area contributed by atoms with Crippen molar-refractivity contribution in [2.75, 3.05) is 14.2 Å². The molecule has 0 unspecified atom stereocenters. The van der Waals surface area contributed by atoms with Crippen molar-refractivity contribution in [3.8, 4) is 0 Å². The van der Waals surface area contributed by atoms with Crippen molar-refractivity contribution in [1.29, 1.82) is 0 Å². The van der Waals surface area contributed by atoms with Crippen LogP contribution in [-0.2, 0) is 13.6 Å². The van der Waals surface area contributed by atoms with Crippen LogP contribution in [0.25, 0.3) is 6.08 Å². The Hall–Kier alpha value is -0.371. The summed E-state index contributed by atoms with van der Waals surface area (Å²) in [5, 5.41) is 0. The number of rotatable bonds is 5. The minimum absolute atomic E-state index is 0.285. The molecule has 0 saturated carbocycles. The van der Waals surface area contributed by atoms with Gasteiger partial charge >= 0.3 is 95.6 Å². The first-order chi connectivity index (χ1) is 7.20. The van der Waals surface area contributed by atoms with E-state index in [4.69, 9.17) is 9.05 Å². The van der Waals surface area contributed by atoms with Crippen LogP contribution >= 0.6 is 6.29 Å². The van der Waals surface area contributed by atoms with E-state index in [1.54, 1.807) is 0 Å². The second-order valence-corrected chi connectivity index (χ2v) is 9.18. The summed E-state index contributed by atoms with van der Waals surface area (Å²) in [6, 6.07) is 9.84. The van der Waals surface area contributed by atoms with Crippen molar-refractivity contribution < 1.29 is 13.6 Å². The van der Waals surface area contributed by atoms with Crippen LogP contribution in [0.15, 0.2) is 35.3 Å². The van der Waals surface area contributed by atoms with Gasteiger partial charge < -0.3 is 0 Å². The molecule has 0 saturated heterocycles. The Balaban J connectivity index is 2.57. The third kappa shape index (κ3) is 4.33. The van der Waals surface area contributed by atoms with Gasteiger partial charge in [0.15, 0.2) is 0 Å². The first-order valence-corrected chi connectivity index (χ1v) is 9.06. The molecule has 0 amide bonds. The normalized spacial score (nSPS) is 12.1. The van der Waals surface area contributed by atoms with E-state index in [0.29, 0.717) is 0 Å². The zero-order chi connectivity index (χ0) is 11.1. The van der Waals surface area contributed by atoms with Gasteiger partial charge in [-0.2, -0.15) is 0 Å². The first-order valence-electron chi connectivity index (χ1n) is 4.32. The van der Waals surface area contributed by atoms with Gasteiger partial charge in [-0.15, -0.1) is 0 Å². The maximum atomic E-state index is 11.7. The van der Waals surface area contributed by atoms with Crippen molar-refractivity contribution in [3.05, 3.63) is 40.9 Å². The van der Waals surface area contributed by atoms with Crippen LogP contribution in [0.2, 0.25) is 0 Å². The molecule has 0 fully saturated rings. The van der Waals surface area contributed by atoms with Crippen molar-refractivity contribution >= 4 is 26.9 Å². The summed E-state index contributed by atoms with van der Waals surface area (Å²) in [5.74, 6) is 0. The molecule has 82 valence electrons. The predicted octanol–water partition coefficient (Wildman–Crippen LogP) is 2.76. The van der Waals surface area contributed by atoms with Gasteiger partial charge in [-0.1, -0.05) is 0 Å². The van der Waals surface area contributed by atoms with E-state index in [2.05, 4.69) is 0 Å². The van der Waals surface area contributed by atoms with Gasteiger partial charge in [-0.05, 0) is 0 Å². The van der Waals surface area contributed by atoms with E-state index >= 15 is 0 Å². The molecule has 5 heteroatoms. The number of hydrogen-bond donors (Lipinski definition) is 0. The zero-order valence-electron chi connectivity index (χ0n) is 8.62. The summed E-state index contributed by atoms with van der Waals surface area (Å²) in [6.07, 6.45) is -0.921. The second kappa shape index (κ2) is 6.26. The zero-order valence-corrected chi connectivity index (χ0v) is 11.2. The summed E-state index contributed by atoms with van der Waals surface area (Å²) in [4.78, 5) is 1.86. The number of hydrogen-bond acceptors (Lipinski definition) is 3. The third-order valence-corrected chi connectivity index (χ3v) is 7.52. The van der Waals surface area contributed by atoms with Gasteiger partial charge in [-0.3, -0.25) is 0 Å². The molecule has 0 aromatic heterocycles. The molecule has 0 N–H and O–H groups in total. The average Bonchev–Trinajstić information content (AvgIpc) is 2.30. The van der Waals surface area contributed by atoms with Crippen LogP contribution in [0, 0.1) is 0 Å². The van der Waals surface area contributed by atoms with Gasteiger partial charge in [0, 0.05) is 0 Å². The fourth-order valence-electron chi connectivity index (χ4n) is 0.908. The maximum absolute atomic E-state index is 11.7. The fraction of sp³-hybridized carbons (Fsp3) is 0.200. The summed E-state index contributed by atoms with van der Waals surface area (Å²) in [7, 11) is 2.81. The number of benzene rings is 1. The van der Waals surface area contributed by atoms with Crippen LogP contribution in [0.5, 0.6) is 0 Å². The van der Waals surface area contributed by atoms with Crippen molar-refractivity contribution in [3.63, 3.8) is 0 Å². The monoisotopic (exact) mass is 292 g/mol. The second-order valence-electron chi connectivity index (χ2n) is 2.63. The molecule has 0 atom stereocenters. The van der Waals surface area contributed by atoms with E-state index in [-0.39, 0.29) is 14.5 Å². The standard InChI is InChI=1S/C10H13O3PSe/c1-12-14(11,13-2)15-9-8-10-6-4-3-5-7-10/h3-9H,1-2H3/b9-8+. The molecule has 0 aliphatic rings. The Morgan fingerprint density at radius 1 is 1.20 bits per heavy atom. The third-order valence-electron chi connectivity index (χ3n) is 1.70. The van der Waals surface area contributed by atoms with Crippen molar-refractivity contribution in [2.45, 2.75) is 0 Å². The first kappa shape index (κ1) is 12.7. The van der Waals surface area contributed by atoms with Crippen LogP contribution in [0.3, 0.4) is 0 Å². The van der Waals surface area contributed by atoms with Crippen molar-refractivity contribution in [1.82, 2.24) is 0 Å². The minimum atomic E-state index is -2.84. The fourth-order valence-corrected chi connectivity index (χ4v) is 4.17. The molecule has 0 heterocycles. The molecule has 0 bridgehead atoms. The molecule has 0 aliphatic heterocycles. The van der Waals surface area contributed by atoms with Crippen LogP contribution in [0.4, 0.5) is 0 Å². The van der Waals surface area contributed by atoms with E-state index < -0.39 is 6.29 Å². The molecule has 15 heavy (non-hydrogen) atoms. The van der Waals surface area contributed by atoms with Gasteiger partial charge in [0.05, 0.1) is 0 Å². The molecule has 1 rings (SSSR count). The topological polar surface area (TPSA) is 35.5 Å². The van der Waals surface area contributed by atoms with E-state index in [1.807, 2.05) is 41.4 Å². The Morgan fingerprint density at radius 2 is 1.80 bits per heavy atom. The van der Waals surface area contributed by atoms with Gasteiger partial charge in [-0.25, -0.2) is 0 Å². The summed E-state index contributed by atoms with van der Waals surface area (Å²) < 4.78 is 21.3. The Kier molecular flexibility index (Phi) is 5.30. The van der Waals surface area contributed by atoms with Crippen LogP contribution in [-0.4, -0.2) is 28.7 Å². The summed E-state index contributed by atoms with van der Waals surface area (Å²) in [5.41, 5.74) is 1.08. The summed E-state index contributed by atoms with van der Waals surface area (Å²) in [6.45, 7) is 0. The van der Waals surface area contributed by atoms with Crippen LogP contribution in [0.1, 0.15) is 5.56 Å². The molecule has 0 aliphatic carbocycles. The quantitative estimate of drug-likeness (QED) is 0.618. The molecule has 0 radical (unpaired) electrons.